The van der Waals surface area contributed by atoms with Crippen molar-refractivity contribution >= 4 is 5.69 Å². The average molecular weight is 440 g/mol. The fourth-order valence-electron chi connectivity index (χ4n) is 4.38. The van der Waals surface area contributed by atoms with Crippen LogP contribution in [0.5, 0.6) is 28.7 Å². The summed E-state index contributed by atoms with van der Waals surface area (Å²) < 4.78 is 5.94. The highest BCUT2D eigenvalue weighted by molar-refractivity contribution is 5.78. The zero-order valence-electron chi connectivity index (χ0n) is 18.1. The first-order valence-corrected chi connectivity index (χ1v) is 11.0. The summed E-state index contributed by atoms with van der Waals surface area (Å²) in [5.41, 5.74) is 11.5. The number of phenols is 3. The summed E-state index contributed by atoms with van der Waals surface area (Å²) in [7, 11) is 0. The number of benzene rings is 4. The molecule has 5 N–H and O–H groups in total. The van der Waals surface area contributed by atoms with Gasteiger partial charge >= 0.3 is 0 Å². The fraction of sp³-hybridized carbons (Fsp3) is 0.143. The molecule has 0 saturated carbocycles. The van der Waals surface area contributed by atoms with Crippen molar-refractivity contribution in [2.45, 2.75) is 25.7 Å². The highest BCUT2D eigenvalue weighted by atomic mass is 16.5. The van der Waals surface area contributed by atoms with Gasteiger partial charge in [-0.15, -0.1) is 0 Å². The number of aromatic hydroxyl groups is 3. The minimum absolute atomic E-state index is 0.0735. The number of nitrogen functional groups attached to an aromatic ring is 1. The van der Waals surface area contributed by atoms with Crippen LogP contribution in [0.25, 0.3) is 11.1 Å². The Balaban J connectivity index is 1.61. The zero-order chi connectivity index (χ0) is 22.9. The summed E-state index contributed by atoms with van der Waals surface area (Å²) in [5, 5.41) is 31.8. The first kappa shape index (κ1) is 20.8. The van der Waals surface area contributed by atoms with Crippen LogP contribution in [0, 0.1) is 0 Å². The van der Waals surface area contributed by atoms with Gasteiger partial charge in [-0.05, 0) is 84.3 Å². The van der Waals surface area contributed by atoms with E-state index in [0.29, 0.717) is 41.9 Å². The minimum Gasteiger partial charge on any atom is -0.507 e. The lowest BCUT2D eigenvalue weighted by atomic mass is 9.92. The summed E-state index contributed by atoms with van der Waals surface area (Å²) in [6.07, 6.45) is 2.77. The number of phenolic OH excluding ortho intramolecular Hbond substituents is 3. The van der Waals surface area contributed by atoms with Crippen molar-refractivity contribution in [2.24, 2.45) is 0 Å². The summed E-state index contributed by atoms with van der Waals surface area (Å²) >= 11 is 0. The number of aryl methyl sites for hydroxylation is 4. The van der Waals surface area contributed by atoms with Crippen molar-refractivity contribution in [2.75, 3.05) is 5.73 Å². The smallest absolute Gasteiger partial charge is 0.181 e. The third kappa shape index (κ3) is 4.17. The van der Waals surface area contributed by atoms with Crippen molar-refractivity contribution in [1.29, 1.82) is 0 Å². The van der Waals surface area contributed by atoms with E-state index in [1.165, 1.54) is 0 Å². The third-order valence-electron chi connectivity index (χ3n) is 6.16. The Morgan fingerprint density at radius 3 is 2.18 bits per heavy atom. The van der Waals surface area contributed by atoms with Crippen molar-refractivity contribution in [1.82, 2.24) is 0 Å². The Morgan fingerprint density at radius 2 is 1.39 bits per heavy atom. The van der Waals surface area contributed by atoms with E-state index in [9.17, 15) is 15.3 Å². The Hall–Kier alpha value is -4.12. The molecule has 4 aliphatic heterocycles. The average Bonchev–Trinajstić information content (AvgIpc) is 2.80. The molecule has 4 aliphatic rings. The van der Waals surface area contributed by atoms with Gasteiger partial charge in [0.25, 0.3) is 0 Å². The van der Waals surface area contributed by atoms with Crippen LogP contribution in [0.15, 0.2) is 72.8 Å². The van der Waals surface area contributed by atoms with Crippen molar-refractivity contribution in [3.63, 3.8) is 0 Å². The second-order valence-corrected chi connectivity index (χ2v) is 8.44. The zero-order valence-corrected chi connectivity index (χ0v) is 18.1. The van der Waals surface area contributed by atoms with Gasteiger partial charge in [0.2, 0.25) is 0 Å². The van der Waals surface area contributed by atoms with E-state index < -0.39 is 0 Å². The number of nitrogens with two attached hydrogens (primary N) is 1. The van der Waals surface area contributed by atoms with Crippen LogP contribution in [0.1, 0.15) is 22.3 Å². The Morgan fingerprint density at radius 1 is 0.667 bits per heavy atom. The molecular formula is C28H25NO4. The van der Waals surface area contributed by atoms with Crippen LogP contribution >= 0.6 is 0 Å². The molecule has 4 heterocycles. The molecule has 4 aromatic carbocycles. The Labute approximate surface area is 192 Å². The second kappa shape index (κ2) is 8.43. The minimum atomic E-state index is -0.0735. The monoisotopic (exact) mass is 439 g/mol. The van der Waals surface area contributed by atoms with E-state index in [-0.39, 0.29) is 22.9 Å². The normalized spacial score (nSPS) is 13.1. The van der Waals surface area contributed by atoms with E-state index in [2.05, 4.69) is 0 Å². The molecule has 0 aliphatic carbocycles. The van der Waals surface area contributed by atoms with Gasteiger partial charge < -0.3 is 25.8 Å². The number of hydrogen-bond donors (Lipinski definition) is 4. The standard InChI is InChI=1S/C28H25NO4/c29-23-14-19-5-4-18-9-13-22(25(31)15-18)27-20(2-1-3-24(27)30)10-6-17-7-11-21(12-8-17)33-26(16-19)28(23)32/h1-3,7-9,11-16,30-32H,4-6,10,29H2. The van der Waals surface area contributed by atoms with Crippen LogP contribution in [-0.2, 0) is 25.7 Å². The topological polar surface area (TPSA) is 95.9 Å². The lowest BCUT2D eigenvalue weighted by molar-refractivity contribution is 0.412. The first-order valence-electron chi connectivity index (χ1n) is 11.0. The molecular weight excluding hydrogens is 414 g/mol. The molecule has 33 heavy (non-hydrogen) atoms. The van der Waals surface area contributed by atoms with Crippen molar-refractivity contribution < 1.29 is 20.1 Å². The molecule has 0 amide bonds. The Kier molecular flexibility index (Phi) is 5.31. The number of hydrogen-bond acceptors (Lipinski definition) is 5. The molecule has 0 saturated heterocycles. The van der Waals surface area contributed by atoms with Gasteiger partial charge in [0.15, 0.2) is 11.5 Å². The highest BCUT2D eigenvalue weighted by Gasteiger charge is 2.16. The molecule has 166 valence electrons. The maximum atomic E-state index is 10.8. The van der Waals surface area contributed by atoms with E-state index in [1.807, 2.05) is 48.5 Å². The summed E-state index contributed by atoms with van der Waals surface area (Å²) in [4.78, 5) is 0. The highest BCUT2D eigenvalue weighted by Crippen LogP contribution is 2.40. The molecule has 0 unspecified atom stereocenters. The molecule has 0 fully saturated rings. The summed E-state index contributed by atoms with van der Waals surface area (Å²) in [6.45, 7) is 0. The third-order valence-corrected chi connectivity index (χ3v) is 6.16. The first-order chi connectivity index (χ1) is 16.0. The quantitative estimate of drug-likeness (QED) is 0.207. The molecule has 6 bridgehead atoms. The second-order valence-electron chi connectivity index (χ2n) is 8.44. The molecule has 5 nitrogen and oxygen atoms in total. The molecule has 0 radical (unpaired) electrons. The molecule has 0 atom stereocenters. The maximum absolute atomic E-state index is 10.8. The van der Waals surface area contributed by atoms with Gasteiger partial charge in [0, 0.05) is 11.1 Å². The SMILES string of the molecule is Nc1cc2cc(c1O)Oc1ccc(cc1)CCc1cccc(O)c1-c1ccc(cc1O)CC2. The number of anilines is 1. The largest absolute Gasteiger partial charge is 0.507 e. The number of ether oxygens (including phenoxy) is 1. The molecule has 0 spiro atoms. The van der Waals surface area contributed by atoms with Crippen LogP contribution in [-0.4, -0.2) is 15.3 Å². The maximum Gasteiger partial charge on any atom is 0.181 e. The molecule has 5 heteroatoms. The summed E-state index contributed by atoms with van der Waals surface area (Å²) in [6, 6.07) is 22.3. The molecule has 0 aromatic heterocycles. The van der Waals surface area contributed by atoms with Crippen LogP contribution in [0.3, 0.4) is 0 Å². The lowest BCUT2D eigenvalue weighted by Gasteiger charge is -2.16. The predicted octanol–water partition coefficient (Wildman–Crippen LogP) is 5.73. The van der Waals surface area contributed by atoms with E-state index in [4.69, 9.17) is 10.5 Å². The van der Waals surface area contributed by atoms with E-state index in [1.54, 1.807) is 24.3 Å². The Bertz CT molecular complexity index is 1330. The van der Waals surface area contributed by atoms with Crippen molar-refractivity contribution in [3.05, 3.63) is 95.1 Å². The van der Waals surface area contributed by atoms with Gasteiger partial charge in [-0.25, -0.2) is 0 Å². The number of rotatable bonds is 0. The van der Waals surface area contributed by atoms with Gasteiger partial charge in [-0.2, -0.15) is 0 Å². The van der Waals surface area contributed by atoms with Crippen molar-refractivity contribution in [3.8, 4) is 39.9 Å². The van der Waals surface area contributed by atoms with Crippen LogP contribution in [0.4, 0.5) is 5.69 Å². The van der Waals surface area contributed by atoms with E-state index in [0.717, 1.165) is 28.7 Å². The van der Waals surface area contributed by atoms with Gasteiger partial charge in [-0.3, -0.25) is 0 Å². The van der Waals surface area contributed by atoms with Gasteiger partial charge in [-0.1, -0.05) is 36.4 Å². The van der Waals surface area contributed by atoms with Crippen LogP contribution in [0.2, 0.25) is 0 Å². The van der Waals surface area contributed by atoms with Gasteiger partial charge in [0.1, 0.15) is 17.2 Å². The van der Waals surface area contributed by atoms with E-state index >= 15 is 0 Å². The fourth-order valence-corrected chi connectivity index (χ4v) is 4.38. The van der Waals surface area contributed by atoms with Crippen LogP contribution < -0.4 is 10.5 Å². The molecule has 4 aromatic rings. The lowest BCUT2D eigenvalue weighted by Crippen LogP contribution is -1.98. The molecule has 8 rings (SSSR count). The predicted molar refractivity (Wildman–Crippen MR) is 129 cm³/mol. The summed E-state index contributed by atoms with van der Waals surface area (Å²) in [5.74, 6) is 1.15. The van der Waals surface area contributed by atoms with Gasteiger partial charge in [0.05, 0.1) is 5.69 Å².